The molecule has 4 aromatic rings. The molecule has 1 N–H and O–H groups in total. The van der Waals surface area contributed by atoms with Gasteiger partial charge in [-0.3, -0.25) is 4.79 Å². The van der Waals surface area contributed by atoms with Crippen LogP contribution in [-0.4, -0.2) is 33.7 Å². The number of thioether (sulfide) groups is 1. The number of anilines is 1. The van der Waals surface area contributed by atoms with E-state index in [1.165, 1.54) is 11.8 Å². The molecule has 0 aliphatic heterocycles. The Bertz CT molecular complexity index is 1240. The lowest BCUT2D eigenvalue weighted by atomic mass is 10.1. The summed E-state index contributed by atoms with van der Waals surface area (Å²) in [4.78, 5) is 12.8. The number of amides is 1. The molecule has 0 spiro atoms. The van der Waals surface area contributed by atoms with Crippen molar-refractivity contribution in [3.8, 4) is 22.7 Å². The zero-order valence-electron chi connectivity index (χ0n) is 19.1. The molecule has 1 amide bonds. The van der Waals surface area contributed by atoms with Crippen LogP contribution in [-0.2, 0) is 10.5 Å². The van der Waals surface area contributed by atoms with Gasteiger partial charge in [0.1, 0.15) is 17.3 Å². The summed E-state index contributed by atoms with van der Waals surface area (Å²) in [7, 11) is 1.63. The quantitative estimate of drug-likeness (QED) is 0.381. The lowest BCUT2D eigenvalue weighted by Gasteiger charge is -2.09. The van der Waals surface area contributed by atoms with E-state index >= 15 is 0 Å². The summed E-state index contributed by atoms with van der Waals surface area (Å²) in [6.45, 7) is 5.83. The Morgan fingerprint density at radius 3 is 2.58 bits per heavy atom. The molecular formula is C25H26N4O3S. The van der Waals surface area contributed by atoms with Gasteiger partial charge in [0, 0.05) is 22.9 Å². The highest BCUT2D eigenvalue weighted by atomic mass is 32.2. The van der Waals surface area contributed by atoms with E-state index in [0.29, 0.717) is 23.0 Å². The Morgan fingerprint density at radius 2 is 1.88 bits per heavy atom. The second kappa shape index (κ2) is 9.95. The van der Waals surface area contributed by atoms with Crippen molar-refractivity contribution in [3.05, 3.63) is 77.2 Å². The molecule has 0 saturated carbocycles. The van der Waals surface area contributed by atoms with Gasteiger partial charge in [-0.25, -0.2) is 4.68 Å². The molecule has 7 nitrogen and oxygen atoms in total. The summed E-state index contributed by atoms with van der Waals surface area (Å²) in [5.74, 6) is 2.97. The Morgan fingerprint density at radius 1 is 1.12 bits per heavy atom. The third-order valence-electron chi connectivity index (χ3n) is 5.30. The number of hydrogen-bond acceptors (Lipinski definition) is 6. The first-order valence-electron chi connectivity index (χ1n) is 10.6. The monoisotopic (exact) mass is 462 g/mol. The number of para-hydroxylation sites is 1. The van der Waals surface area contributed by atoms with Gasteiger partial charge < -0.3 is 14.6 Å². The van der Waals surface area contributed by atoms with Gasteiger partial charge >= 0.3 is 0 Å². The normalized spacial score (nSPS) is 10.9. The molecule has 0 bridgehead atoms. The highest BCUT2D eigenvalue weighted by molar-refractivity contribution is 7.99. The van der Waals surface area contributed by atoms with Gasteiger partial charge in [0.15, 0.2) is 0 Å². The topological polar surface area (TPSA) is 82.2 Å². The van der Waals surface area contributed by atoms with Gasteiger partial charge in [0.2, 0.25) is 5.91 Å². The maximum atomic E-state index is 12.8. The number of ether oxygens (including phenoxy) is 1. The molecule has 8 heteroatoms. The second-order valence-electron chi connectivity index (χ2n) is 7.71. The van der Waals surface area contributed by atoms with E-state index < -0.39 is 0 Å². The molecule has 0 unspecified atom stereocenters. The highest BCUT2D eigenvalue weighted by Gasteiger charge is 2.17. The lowest BCUT2D eigenvalue weighted by molar-refractivity contribution is -0.113. The third kappa shape index (κ3) is 5.12. The number of benzene rings is 2. The largest absolute Gasteiger partial charge is 0.496 e. The number of hydrogen-bond donors (Lipinski definition) is 1. The Balaban J connectivity index is 1.57. The molecule has 0 aliphatic carbocycles. The van der Waals surface area contributed by atoms with Crippen molar-refractivity contribution in [2.45, 2.75) is 26.5 Å². The molecule has 0 saturated heterocycles. The first-order valence-corrected chi connectivity index (χ1v) is 11.7. The standard InChI is InChI=1S/C25H26N4O3S/c1-16-9-11-19(12-10-16)29-24(13-22(27-29)20-7-5-6-8-23(20)31-4)26-25(30)15-33-14-21-17(2)28-32-18(21)3/h5-13H,14-15H2,1-4H3,(H,26,30). The van der Waals surface area contributed by atoms with Crippen LogP contribution in [0.5, 0.6) is 5.75 Å². The molecule has 33 heavy (non-hydrogen) atoms. The van der Waals surface area contributed by atoms with E-state index in [1.54, 1.807) is 11.8 Å². The Kier molecular flexibility index (Phi) is 6.84. The van der Waals surface area contributed by atoms with Crippen LogP contribution in [0.3, 0.4) is 0 Å². The van der Waals surface area contributed by atoms with E-state index in [1.807, 2.05) is 75.4 Å². The van der Waals surface area contributed by atoms with Crippen molar-refractivity contribution in [1.82, 2.24) is 14.9 Å². The van der Waals surface area contributed by atoms with E-state index in [2.05, 4.69) is 10.5 Å². The number of nitrogens with one attached hydrogen (secondary N) is 1. The number of rotatable bonds is 8. The number of aryl methyl sites for hydroxylation is 3. The average molecular weight is 463 g/mol. The number of aromatic nitrogens is 3. The zero-order chi connectivity index (χ0) is 23.4. The van der Waals surface area contributed by atoms with Crippen LogP contribution in [0.15, 0.2) is 59.1 Å². The molecule has 170 valence electrons. The van der Waals surface area contributed by atoms with Gasteiger partial charge in [-0.1, -0.05) is 35.0 Å². The number of nitrogens with zero attached hydrogens (tertiary/aromatic N) is 3. The minimum atomic E-state index is -0.105. The van der Waals surface area contributed by atoms with Crippen LogP contribution < -0.4 is 10.1 Å². The van der Waals surface area contributed by atoms with Crippen LogP contribution in [0.25, 0.3) is 16.9 Å². The van der Waals surface area contributed by atoms with Gasteiger partial charge in [-0.05, 0) is 45.0 Å². The molecule has 2 heterocycles. The summed E-state index contributed by atoms with van der Waals surface area (Å²) < 4.78 is 12.5. The van der Waals surface area contributed by atoms with Crippen LogP contribution >= 0.6 is 11.8 Å². The van der Waals surface area contributed by atoms with Gasteiger partial charge in [0.25, 0.3) is 0 Å². The minimum Gasteiger partial charge on any atom is -0.496 e. The van der Waals surface area contributed by atoms with Crippen molar-refractivity contribution >= 4 is 23.5 Å². The van der Waals surface area contributed by atoms with Crippen LogP contribution in [0.4, 0.5) is 5.82 Å². The molecule has 2 aromatic heterocycles. The average Bonchev–Trinajstić information content (AvgIpc) is 3.37. The van der Waals surface area contributed by atoms with E-state index in [-0.39, 0.29) is 5.91 Å². The molecule has 0 atom stereocenters. The maximum absolute atomic E-state index is 12.8. The second-order valence-corrected chi connectivity index (χ2v) is 8.69. The van der Waals surface area contributed by atoms with Crippen molar-refractivity contribution in [1.29, 1.82) is 0 Å². The van der Waals surface area contributed by atoms with Crippen molar-refractivity contribution in [2.24, 2.45) is 0 Å². The number of carbonyl (C=O) groups excluding carboxylic acids is 1. The molecule has 2 aromatic carbocycles. The van der Waals surface area contributed by atoms with Crippen molar-refractivity contribution in [3.63, 3.8) is 0 Å². The van der Waals surface area contributed by atoms with E-state index in [0.717, 1.165) is 39.6 Å². The number of carbonyl (C=O) groups is 1. The minimum absolute atomic E-state index is 0.105. The van der Waals surface area contributed by atoms with Crippen molar-refractivity contribution < 1.29 is 14.1 Å². The molecule has 0 radical (unpaired) electrons. The fraction of sp³-hybridized carbons (Fsp3) is 0.240. The smallest absolute Gasteiger partial charge is 0.235 e. The maximum Gasteiger partial charge on any atom is 0.235 e. The highest BCUT2D eigenvalue weighted by Crippen LogP contribution is 2.31. The Hall–Kier alpha value is -3.52. The molecule has 0 aliphatic rings. The van der Waals surface area contributed by atoms with E-state index in [9.17, 15) is 4.79 Å². The SMILES string of the molecule is COc1ccccc1-c1cc(NC(=O)CSCc2c(C)noc2C)n(-c2ccc(C)cc2)n1. The summed E-state index contributed by atoms with van der Waals surface area (Å²) in [5.41, 5.74) is 5.48. The van der Waals surface area contributed by atoms with Crippen LogP contribution in [0.2, 0.25) is 0 Å². The summed E-state index contributed by atoms with van der Waals surface area (Å²) >= 11 is 1.52. The molecule has 0 fully saturated rings. The van der Waals surface area contributed by atoms with Crippen LogP contribution in [0, 0.1) is 20.8 Å². The van der Waals surface area contributed by atoms with Gasteiger partial charge in [-0.15, -0.1) is 11.8 Å². The van der Waals surface area contributed by atoms with Gasteiger partial charge in [-0.2, -0.15) is 5.10 Å². The molecule has 4 rings (SSSR count). The number of methoxy groups -OCH3 is 1. The Labute approximate surface area is 197 Å². The summed E-state index contributed by atoms with van der Waals surface area (Å²) in [6, 6.07) is 17.6. The summed E-state index contributed by atoms with van der Waals surface area (Å²) in [6.07, 6.45) is 0. The fourth-order valence-corrected chi connectivity index (χ4v) is 4.45. The molecular weight excluding hydrogens is 436 g/mol. The van der Waals surface area contributed by atoms with Crippen LogP contribution in [0.1, 0.15) is 22.6 Å². The van der Waals surface area contributed by atoms with Gasteiger partial charge in [0.05, 0.1) is 29.9 Å². The fourth-order valence-electron chi connectivity index (χ4n) is 3.47. The first-order chi connectivity index (χ1) is 16.0. The van der Waals surface area contributed by atoms with E-state index in [4.69, 9.17) is 14.4 Å². The lowest BCUT2D eigenvalue weighted by Crippen LogP contribution is -2.17. The van der Waals surface area contributed by atoms with Crippen molar-refractivity contribution in [2.75, 3.05) is 18.2 Å². The predicted molar refractivity (Wildman–Crippen MR) is 131 cm³/mol. The zero-order valence-corrected chi connectivity index (χ0v) is 19.9. The third-order valence-corrected chi connectivity index (χ3v) is 6.26. The predicted octanol–water partition coefficient (Wildman–Crippen LogP) is 5.33. The first kappa shape index (κ1) is 22.7. The summed E-state index contributed by atoms with van der Waals surface area (Å²) in [5, 5.41) is 11.8.